The van der Waals surface area contributed by atoms with Gasteiger partial charge in [-0.25, -0.2) is 24.5 Å². The van der Waals surface area contributed by atoms with Gasteiger partial charge < -0.3 is 9.57 Å². The van der Waals surface area contributed by atoms with Gasteiger partial charge in [0.05, 0.1) is 5.56 Å². The predicted octanol–water partition coefficient (Wildman–Crippen LogP) is 1.73. The number of urea groups is 1. The fourth-order valence-electron chi connectivity index (χ4n) is 2.28. The highest BCUT2D eigenvalue weighted by molar-refractivity contribution is 7.90. The number of anilines is 1. The number of nitrogens with one attached hydrogen (secondary N) is 2. The fraction of sp³-hybridized carbons (Fsp3) is 0.353. The van der Waals surface area contributed by atoms with E-state index < -0.39 is 21.1 Å². The molecule has 2 amide bonds. The van der Waals surface area contributed by atoms with Crippen molar-refractivity contribution in [3.05, 3.63) is 41.3 Å². The lowest BCUT2D eigenvalue weighted by molar-refractivity contribution is 0.0653. The Balaban J connectivity index is 0.00000145. The molecular weight excluding hydrogens is 400 g/mol. The minimum atomic E-state index is -4.32. The summed E-state index contributed by atoms with van der Waals surface area (Å²) >= 11 is 0. The van der Waals surface area contributed by atoms with Crippen LogP contribution in [-0.2, 0) is 19.6 Å². The summed E-state index contributed by atoms with van der Waals surface area (Å²) in [4.78, 5) is 28.9. The van der Waals surface area contributed by atoms with Crippen molar-refractivity contribution in [3.63, 3.8) is 0 Å². The molecule has 29 heavy (non-hydrogen) atoms. The summed E-state index contributed by atoms with van der Waals surface area (Å²) in [6, 6.07) is 3.64. The van der Waals surface area contributed by atoms with Gasteiger partial charge in [-0.3, -0.25) is 5.32 Å². The number of aryl methyl sites for hydroxylation is 2. The summed E-state index contributed by atoms with van der Waals surface area (Å²) in [5.41, 5.74) is 1.32. The van der Waals surface area contributed by atoms with E-state index >= 15 is 0 Å². The van der Waals surface area contributed by atoms with Crippen molar-refractivity contribution in [1.29, 1.82) is 0 Å². The lowest BCUT2D eigenvalue weighted by atomic mass is 10.3. The molecule has 2 aromatic rings. The Morgan fingerprint density at radius 1 is 1.14 bits per heavy atom. The van der Waals surface area contributed by atoms with Crippen molar-refractivity contribution in [2.24, 2.45) is 5.16 Å². The van der Waals surface area contributed by atoms with Gasteiger partial charge in [0.1, 0.15) is 6.61 Å². The average molecular weight is 422 g/mol. The van der Waals surface area contributed by atoms with Gasteiger partial charge in [0.2, 0.25) is 5.95 Å². The van der Waals surface area contributed by atoms with Crippen molar-refractivity contribution in [3.8, 4) is 0 Å². The standard InChI is InChI=1S/C15H16N6O5S.C2H6/c1-9-8-10(2)18-14(17-9)19-15(22)21-27(23,24)13-11(4-3-5-16-13)12-20-26-7-6-25-12;1-2/h3-5,8H,6-7H2,1-2H3,(H2,17,18,19,21,22);1-2H3. The van der Waals surface area contributed by atoms with Crippen LogP contribution in [0.2, 0.25) is 0 Å². The Morgan fingerprint density at radius 3 is 2.45 bits per heavy atom. The van der Waals surface area contributed by atoms with Crippen LogP contribution in [0.5, 0.6) is 0 Å². The van der Waals surface area contributed by atoms with E-state index in [9.17, 15) is 13.2 Å². The minimum absolute atomic E-state index is 0.0187. The molecule has 3 rings (SSSR count). The van der Waals surface area contributed by atoms with Crippen molar-refractivity contribution < 1.29 is 22.8 Å². The third-order valence-corrected chi connectivity index (χ3v) is 4.54. The van der Waals surface area contributed by atoms with Crippen LogP contribution in [0.4, 0.5) is 10.7 Å². The zero-order chi connectivity index (χ0) is 21.4. The smallest absolute Gasteiger partial charge is 0.335 e. The summed E-state index contributed by atoms with van der Waals surface area (Å²) in [6.45, 7) is 7.91. The molecule has 1 aliphatic heterocycles. The number of sulfonamides is 1. The molecule has 3 heterocycles. The largest absolute Gasteiger partial charge is 0.471 e. The average Bonchev–Trinajstić information content (AvgIpc) is 2.69. The van der Waals surface area contributed by atoms with E-state index in [0.717, 1.165) is 0 Å². The van der Waals surface area contributed by atoms with E-state index in [2.05, 4.69) is 25.4 Å². The molecule has 0 spiro atoms. The highest BCUT2D eigenvalue weighted by Crippen LogP contribution is 2.16. The van der Waals surface area contributed by atoms with Crippen LogP contribution < -0.4 is 10.0 Å². The van der Waals surface area contributed by atoms with Crippen LogP contribution in [0, 0.1) is 13.8 Å². The number of ether oxygens (including phenoxy) is 1. The molecule has 0 saturated carbocycles. The van der Waals surface area contributed by atoms with E-state index in [-0.39, 0.29) is 30.6 Å². The van der Waals surface area contributed by atoms with E-state index in [1.165, 1.54) is 18.3 Å². The molecule has 0 unspecified atom stereocenters. The van der Waals surface area contributed by atoms with Crippen molar-refractivity contribution in [2.75, 3.05) is 18.5 Å². The predicted molar refractivity (Wildman–Crippen MR) is 105 cm³/mol. The molecule has 0 aliphatic carbocycles. The van der Waals surface area contributed by atoms with E-state index in [1.807, 2.05) is 18.6 Å². The van der Waals surface area contributed by atoms with Crippen LogP contribution in [0.3, 0.4) is 0 Å². The molecule has 12 heteroatoms. The van der Waals surface area contributed by atoms with Gasteiger partial charge in [0, 0.05) is 17.6 Å². The molecule has 156 valence electrons. The van der Waals surface area contributed by atoms with Gasteiger partial charge in [-0.15, -0.1) is 0 Å². The maximum Gasteiger partial charge on any atom is 0.335 e. The quantitative estimate of drug-likeness (QED) is 0.758. The zero-order valence-electron chi connectivity index (χ0n) is 16.5. The molecular formula is C17H22N6O5S. The normalized spacial score (nSPS) is 13.0. The molecule has 0 aromatic carbocycles. The lowest BCUT2D eigenvalue weighted by Crippen LogP contribution is -2.36. The summed E-state index contributed by atoms with van der Waals surface area (Å²) in [5, 5.41) is 5.54. The second-order valence-electron chi connectivity index (χ2n) is 5.47. The Kier molecular flexibility index (Phi) is 7.42. The van der Waals surface area contributed by atoms with E-state index in [1.54, 1.807) is 19.9 Å². The number of pyridine rings is 1. The van der Waals surface area contributed by atoms with E-state index in [0.29, 0.717) is 11.4 Å². The minimum Gasteiger partial charge on any atom is -0.471 e. The number of nitrogens with zero attached hydrogens (tertiary/aromatic N) is 4. The number of carbonyl (C=O) groups excluding carboxylic acids is 1. The summed E-state index contributed by atoms with van der Waals surface area (Å²) in [5.74, 6) is -0.0531. The molecule has 0 fully saturated rings. The number of amides is 2. The Bertz CT molecular complexity index is 989. The van der Waals surface area contributed by atoms with Crippen molar-refractivity contribution in [2.45, 2.75) is 32.7 Å². The summed E-state index contributed by atoms with van der Waals surface area (Å²) in [7, 11) is -4.32. The van der Waals surface area contributed by atoms with Crippen LogP contribution in [0.15, 0.2) is 34.6 Å². The summed E-state index contributed by atoms with van der Waals surface area (Å²) < 4.78 is 32.4. The van der Waals surface area contributed by atoms with Gasteiger partial charge in [-0.05, 0) is 37.2 Å². The fourth-order valence-corrected chi connectivity index (χ4v) is 3.32. The SMILES string of the molecule is CC.Cc1cc(C)nc(NC(=O)NS(=O)(=O)c2ncccc2C2=NOCCO2)n1. The van der Waals surface area contributed by atoms with Crippen LogP contribution >= 0.6 is 0 Å². The number of carbonyl (C=O) groups is 1. The highest BCUT2D eigenvalue weighted by Gasteiger charge is 2.27. The van der Waals surface area contributed by atoms with Gasteiger partial charge in [0.15, 0.2) is 11.6 Å². The first-order valence-corrected chi connectivity index (χ1v) is 10.3. The molecule has 11 nitrogen and oxygen atoms in total. The third-order valence-electron chi connectivity index (χ3n) is 3.25. The number of hydrogen-bond donors (Lipinski definition) is 2. The monoisotopic (exact) mass is 422 g/mol. The summed E-state index contributed by atoms with van der Waals surface area (Å²) in [6.07, 6.45) is 1.27. The number of rotatable bonds is 4. The molecule has 0 saturated heterocycles. The first kappa shape index (κ1) is 22.0. The van der Waals surface area contributed by atoms with Gasteiger partial charge in [-0.1, -0.05) is 13.8 Å². The molecule has 0 atom stereocenters. The maximum atomic E-state index is 12.6. The second-order valence-corrected chi connectivity index (χ2v) is 7.07. The number of hydrogen-bond acceptors (Lipinski definition) is 9. The Labute approximate surface area is 168 Å². The van der Waals surface area contributed by atoms with Gasteiger partial charge in [0.25, 0.3) is 15.9 Å². The first-order valence-electron chi connectivity index (χ1n) is 8.79. The Hall–Kier alpha value is -3.28. The first-order chi connectivity index (χ1) is 13.8. The molecule has 2 aromatic heterocycles. The third kappa shape index (κ3) is 5.85. The van der Waals surface area contributed by atoms with Crippen LogP contribution in [-0.4, -0.2) is 48.5 Å². The molecule has 0 radical (unpaired) electrons. The van der Waals surface area contributed by atoms with Gasteiger partial charge in [-0.2, -0.15) is 8.42 Å². The molecule has 2 N–H and O–H groups in total. The van der Waals surface area contributed by atoms with Gasteiger partial charge >= 0.3 is 6.03 Å². The topological polar surface area (TPSA) is 145 Å². The molecule has 1 aliphatic rings. The number of aromatic nitrogens is 3. The lowest BCUT2D eigenvalue weighted by Gasteiger charge is -2.15. The number of oxime groups is 1. The van der Waals surface area contributed by atoms with Crippen molar-refractivity contribution in [1.82, 2.24) is 19.7 Å². The maximum absolute atomic E-state index is 12.6. The highest BCUT2D eigenvalue weighted by atomic mass is 32.2. The van der Waals surface area contributed by atoms with Crippen LogP contribution in [0.25, 0.3) is 0 Å². The zero-order valence-corrected chi connectivity index (χ0v) is 17.3. The second kappa shape index (κ2) is 9.78. The van der Waals surface area contributed by atoms with E-state index in [4.69, 9.17) is 9.57 Å². The molecule has 0 bridgehead atoms. The van der Waals surface area contributed by atoms with Crippen LogP contribution in [0.1, 0.15) is 30.8 Å². The van der Waals surface area contributed by atoms with Crippen molar-refractivity contribution >= 4 is 27.9 Å². The Morgan fingerprint density at radius 2 is 1.83 bits per heavy atom.